The molecule has 1 N–H and O–H groups in total. The summed E-state index contributed by atoms with van der Waals surface area (Å²) in [6, 6.07) is 14.3. The van der Waals surface area contributed by atoms with Crippen molar-refractivity contribution in [2.24, 2.45) is 29.6 Å². The Morgan fingerprint density at radius 3 is 1.97 bits per heavy atom. The van der Waals surface area contributed by atoms with Crippen LogP contribution in [0.3, 0.4) is 0 Å². The third-order valence-corrected chi connectivity index (χ3v) is 7.40. The van der Waals surface area contributed by atoms with E-state index in [1.165, 1.54) is 17.5 Å². The van der Waals surface area contributed by atoms with Crippen LogP contribution in [0.1, 0.15) is 73.8 Å². The molecule has 3 unspecified atom stereocenters. The molecule has 0 aliphatic carbocycles. The smallest absolute Gasteiger partial charge is 0.119 e. The summed E-state index contributed by atoms with van der Waals surface area (Å²) in [7, 11) is 1.73. The molecular formula is C29H44O2. The quantitative estimate of drug-likeness (QED) is 0.415. The van der Waals surface area contributed by atoms with E-state index in [1.54, 1.807) is 19.2 Å². The number of benzene rings is 2. The standard InChI is InChI=1S/C29H44O2/c1-10-22(8)29(21(6)7,28(20(4)5)17-19(2)3)27-16-15-25(31-9)18-26(27)23-11-13-24(30)14-12-23/h11-16,18-22,28,30H,10,17H2,1-9H3. The van der Waals surface area contributed by atoms with Crippen LogP contribution in [0.2, 0.25) is 0 Å². The SMILES string of the molecule is CCC(C)C(c1ccc(OC)cc1-c1ccc(O)cc1)(C(C)C)C(CC(C)C)C(C)C. The monoisotopic (exact) mass is 424 g/mol. The molecular weight excluding hydrogens is 380 g/mol. The van der Waals surface area contributed by atoms with E-state index in [0.717, 1.165) is 17.7 Å². The molecule has 2 aromatic carbocycles. The van der Waals surface area contributed by atoms with E-state index in [0.29, 0.717) is 35.3 Å². The molecule has 0 aliphatic rings. The minimum absolute atomic E-state index is 0.0344. The number of methoxy groups -OCH3 is 1. The number of aromatic hydroxyl groups is 1. The summed E-state index contributed by atoms with van der Waals surface area (Å²) in [4.78, 5) is 0. The predicted molar refractivity (Wildman–Crippen MR) is 134 cm³/mol. The van der Waals surface area contributed by atoms with Gasteiger partial charge in [-0.25, -0.2) is 0 Å². The number of hydrogen-bond acceptors (Lipinski definition) is 2. The summed E-state index contributed by atoms with van der Waals surface area (Å²) in [5.41, 5.74) is 3.81. The Hall–Kier alpha value is -1.96. The van der Waals surface area contributed by atoms with Gasteiger partial charge in [0.15, 0.2) is 0 Å². The van der Waals surface area contributed by atoms with E-state index >= 15 is 0 Å². The largest absolute Gasteiger partial charge is 0.508 e. The predicted octanol–water partition coefficient (Wildman–Crippen LogP) is 8.33. The molecule has 2 nitrogen and oxygen atoms in total. The molecule has 31 heavy (non-hydrogen) atoms. The maximum atomic E-state index is 9.88. The van der Waals surface area contributed by atoms with Crippen molar-refractivity contribution < 1.29 is 9.84 Å². The first-order chi connectivity index (χ1) is 14.6. The molecule has 2 heteroatoms. The second-order valence-corrected chi connectivity index (χ2v) is 10.3. The highest BCUT2D eigenvalue weighted by atomic mass is 16.5. The lowest BCUT2D eigenvalue weighted by Crippen LogP contribution is -2.48. The van der Waals surface area contributed by atoms with Gasteiger partial charge in [-0.3, -0.25) is 0 Å². The summed E-state index contributed by atoms with van der Waals surface area (Å²) >= 11 is 0. The Bertz CT molecular complexity index is 819. The van der Waals surface area contributed by atoms with Crippen LogP contribution >= 0.6 is 0 Å². The van der Waals surface area contributed by atoms with E-state index in [1.807, 2.05) is 12.1 Å². The summed E-state index contributed by atoms with van der Waals surface area (Å²) < 4.78 is 5.64. The Balaban J connectivity index is 2.92. The van der Waals surface area contributed by atoms with Crippen molar-refractivity contribution in [3.63, 3.8) is 0 Å². The second kappa shape index (κ2) is 10.6. The molecule has 2 aromatic rings. The summed E-state index contributed by atoms with van der Waals surface area (Å²) in [5.74, 6) is 3.97. The van der Waals surface area contributed by atoms with Crippen molar-refractivity contribution in [2.45, 2.75) is 73.6 Å². The minimum Gasteiger partial charge on any atom is -0.508 e. The molecule has 0 spiro atoms. The fourth-order valence-corrected chi connectivity index (χ4v) is 5.91. The van der Waals surface area contributed by atoms with Crippen LogP contribution in [0.5, 0.6) is 11.5 Å². The first-order valence-corrected chi connectivity index (χ1v) is 12.1. The van der Waals surface area contributed by atoms with Crippen LogP contribution in [0, 0.1) is 29.6 Å². The molecule has 0 saturated heterocycles. The van der Waals surface area contributed by atoms with E-state index in [2.05, 4.69) is 73.6 Å². The fourth-order valence-electron chi connectivity index (χ4n) is 5.91. The van der Waals surface area contributed by atoms with Gasteiger partial charge in [0.1, 0.15) is 11.5 Å². The van der Waals surface area contributed by atoms with Crippen molar-refractivity contribution in [1.29, 1.82) is 0 Å². The molecule has 0 heterocycles. The summed E-state index contributed by atoms with van der Waals surface area (Å²) in [6.45, 7) is 19.1. The van der Waals surface area contributed by atoms with Crippen molar-refractivity contribution in [3.8, 4) is 22.6 Å². The molecule has 0 bridgehead atoms. The summed E-state index contributed by atoms with van der Waals surface area (Å²) in [6.07, 6.45) is 2.35. The molecule has 0 aromatic heterocycles. The Morgan fingerprint density at radius 1 is 0.903 bits per heavy atom. The number of ether oxygens (including phenoxy) is 1. The second-order valence-electron chi connectivity index (χ2n) is 10.3. The van der Waals surface area contributed by atoms with Crippen molar-refractivity contribution >= 4 is 0 Å². The molecule has 2 rings (SSSR count). The van der Waals surface area contributed by atoms with Crippen molar-refractivity contribution in [1.82, 2.24) is 0 Å². The number of phenolic OH excluding ortho intramolecular Hbond substituents is 1. The minimum atomic E-state index is 0.0344. The first-order valence-electron chi connectivity index (χ1n) is 12.1. The zero-order valence-corrected chi connectivity index (χ0v) is 21.2. The third-order valence-electron chi connectivity index (χ3n) is 7.40. The molecule has 172 valence electrons. The van der Waals surface area contributed by atoms with Gasteiger partial charge >= 0.3 is 0 Å². The lowest BCUT2D eigenvalue weighted by atomic mass is 9.52. The van der Waals surface area contributed by atoms with Gasteiger partial charge in [0, 0.05) is 5.41 Å². The lowest BCUT2D eigenvalue weighted by Gasteiger charge is -2.52. The maximum Gasteiger partial charge on any atom is 0.119 e. The van der Waals surface area contributed by atoms with Gasteiger partial charge in [-0.2, -0.15) is 0 Å². The highest BCUT2D eigenvalue weighted by Crippen LogP contribution is 2.54. The van der Waals surface area contributed by atoms with Crippen LogP contribution in [-0.4, -0.2) is 12.2 Å². The lowest BCUT2D eigenvalue weighted by molar-refractivity contribution is 0.0644. The topological polar surface area (TPSA) is 29.5 Å². The Labute approximate surface area is 191 Å². The number of rotatable bonds is 10. The Kier molecular flexibility index (Phi) is 8.63. The van der Waals surface area contributed by atoms with Crippen LogP contribution in [0.25, 0.3) is 11.1 Å². The van der Waals surface area contributed by atoms with Crippen LogP contribution in [0.4, 0.5) is 0 Å². The first kappa shape index (κ1) is 25.3. The number of phenols is 1. The van der Waals surface area contributed by atoms with Gasteiger partial charge < -0.3 is 9.84 Å². The molecule has 0 fully saturated rings. The fraction of sp³-hybridized carbons (Fsp3) is 0.586. The van der Waals surface area contributed by atoms with E-state index in [-0.39, 0.29) is 5.41 Å². The zero-order chi connectivity index (χ0) is 23.3. The van der Waals surface area contributed by atoms with E-state index < -0.39 is 0 Å². The van der Waals surface area contributed by atoms with E-state index in [4.69, 9.17) is 4.74 Å². The molecule has 0 amide bonds. The highest BCUT2D eigenvalue weighted by molar-refractivity contribution is 5.71. The van der Waals surface area contributed by atoms with Gasteiger partial charge in [0.05, 0.1) is 7.11 Å². The Morgan fingerprint density at radius 2 is 1.52 bits per heavy atom. The van der Waals surface area contributed by atoms with Gasteiger partial charge in [-0.05, 0) is 77.0 Å². The van der Waals surface area contributed by atoms with Gasteiger partial charge in [0.2, 0.25) is 0 Å². The molecule has 3 atom stereocenters. The summed E-state index contributed by atoms with van der Waals surface area (Å²) in [5, 5.41) is 9.88. The highest BCUT2D eigenvalue weighted by Gasteiger charge is 2.48. The molecule has 0 radical (unpaired) electrons. The van der Waals surface area contributed by atoms with Crippen molar-refractivity contribution in [3.05, 3.63) is 48.0 Å². The van der Waals surface area contributed by atoms with Gasteiger partial charge in [0.25, 0.3) is 0 Å². The normalized spacial score (nSPS) is 15.9. The zero-order valence-electron chi connectivity index (χ0n) is 21.2. The van der Waals surface area contributed by atoms with Crippen LogP contribution < -0.4 is 4.74 Å². The van der Waals surface area contributed by atoms with E-state index in [9.17, 15) is 5.11 Å². The average molecular weight is 425 g/mol. The van der Waals surface area contributed by atoms with Gasteiger partial charge in [-0.15, -0.1) is 0 Å². The van der Waals surface area contributed by atoms with Crippen LogP contribution in [0.15, 0.2) is 42.5 Å². The third kappa shape index (κ3) is 5.10. The van der Waals surface area contributed by atoms with Crippen LogP contribution in [-0.2, 0) is 5.41 Å². The number of hydrogen-bond donors (Lipinski definition) is 1. The molecule has 0 saturated carbocycles. The molecule has 0 aliphatic heterocycles. The van der Waals surface area contributed by atoms with Crippen molar-refractivity contribution in [2.75, 3.05) is 7.11 Å². The maximum absolute atomic E-state index is 9.88. The average Bonchev–Trinajstić information content (AvgIpc) is 2.73. The van der Waals surface area contributed by atoms with Gasteiger partial charge in [-0.1, -0.05) is 80.0 Å².